The molecule has 1 aromatic heterocycles. The first-order valence-electron chi connectivity index (χ1n) is 15.5. The van der Waals surface area contributed by atoms with Crippen molar-refractivity contribution in [2.45, 2.75) is 38.6 Å². The highest BCUT2D eigenvalue weighted by atomic mass is 16.3. The smallest absolute Gasteiger partial charge is 0.316 e. The minimum absolute atomic E-state index is 0.0389. The second kappa shape index (κ2) is 14.8. The van der Waals surface area contributed by atoms with Gasteiger partial charge in [-0.25, -0.2) is 4.79 Å². The summed E-state index contributed by atoms with van der Waals surface area (Å²) in [7, 11) is 1.86. The highest BCUT2D eigenvalue weighted by molar-refractivity contribution is 6.07. The summed E-state index contributed by atoms with van der Waals surface area (Å²) in [5.41, 5.74) is 3.91. The van der Waals surface area contributed by atoms with Crippen LogP contribution in [-0.4, -0.2) is 74.9 Å². The van der Waals surface area contributed by atoms with E-state index in [9.17, 15) is 24.3 Å². The molecule has 2 atom stereocenters. The van der Waals surface area contributed by atoms with Crippen LogP contribution >= 0.6 is 0 Å². The third kappa shape index (κ3) is 7.70. The number of aromatic nitrogens is 1. The standard InChI is InChI=1S/C36H40N6O5/c1-4-17-37-20-33(45)42-31(18-25-13-15-28(44)16-14-25)35(46)41(23-32(42)39-36(47)38-19-26-9-6-5-7-10-26)21-27-11-8-12-29-30(24(2)43)22-40(3)34(27)29/h4-16,22,31-32,37,44H,1,17-21,23H2,2-3H3,(H2,38,39,47)/t31-,32+/m0/s1. The maximum atomic E-state index is 14.4. The van der Waals surface area contributed by atoms with Gasteiger partial charge < -0.3 is 35.4 Å². The van der Waals surface area contributed by atoms with Gasteiger partial charge in [-0.05, 0) is 35.7 Å². The molecule has 0 saturated carbocycles. The molecule has 4 N–H and O–H groups in total. The summed E-state index contributed by atoms with van der Waals surface area (Å²) in [6.45, 7) is 6.06. The Bertz CT molecular complexity index is 1770. The summed E-state index contributed by atoms with van der Waals surface area (Å²) < 4.78 is 1.89. The second-order valence-electron chi connectivity index (χ2n) is 11.7. The van der Waals surface area contributed by atoms with Crippen molar-refractivity contribution < 1.29 is 24.3 Å². The van der Waals surface area contributed by atoms with Crippen LogP contribution in [0.25, 0.3) is 10.9 Å². The van der Waals surface area contributed by atoms with Crippen molar-refractivity contribution in [3.05, 3.63) is 114 Å². The van der Waals surface area contributed by atoms with Crippen LogP contribution in [0.1, 0.15) is 34.0 Å². The molecule has 1 fully saturated rings. The monoisotopic (exact) mass is 636 g/mol. The Kier molecular flexibility index (Phi) is 10.4. The summed E-state index contributed by atoms with van der Waals surface area (Å²) in [5.74, 6) is -0.605. The Balaban J connectivity index is 1.49. The number of ketones is 1. The molecule has 0 aliphatic carbocycles. The van der Waals surface area contributed by atoms with Crippen molar-refractivity contribution >= 4 is 34.5 Å². The van der Waals surface area contributed by atoms with Crippen LogP contribution in [0.3, 0.4) is 0 Å². The predicted octanol–water partition coefficient (Wildman–Crippen LogP) is 3.47. The van der Waals surface area contributed by atoms with Crippen molar-refractivity contribution in [1.29, 1.82) is 0 Å². The van der Waals surface area contributed by atoms with Gasteiger partial charge in [-0.2, -0.15) is 0 Å². The Morgan fingerprint density at radius 2 is 1.74 bits per heavy atom. The van der Waals surface area contributed by atoms with E-state index in [0.717, 1.165) is 27.6 Å². The highest BCUT2D eigenvalue weighted by Crippen LogP contribution is 2.28. The predicted molar refractivity (Wildman–Crippen MR) is 179 cm³/mol. The Hall–Kier alpha value is -5.42. The maximum Gasteiger partial charge on any atom is 0.316 e. The van der Waals surface area contributed by atoms with Gasteiger partial charge in [-0.15, -0.1) is 6.58 Å². The molecular formula is C36H40N6O5. The van der Waals surface area contributed by atoms with Crippen LogP contribution in [0.5, 0.6) is 5.75 Å². The summed E-state index contributed by atoms with van der Waals surface area (Å²) >= 11 is 0. The third-order valence-corrected chi connectivity index (χ3v) is 8.30. The molecule has 0 radical (unpaired) electrons. The molecule has 0 spiro atoms. The Labute approximate surface area is 273 Å². The van der Waals surface area contributed by atoms with Gasteiger partial charge >= 0.3 is 6.03 Å². The summed E-state index contributed by atoms with van der Waals surface area (Å²) in [4.78, 5) is 57.0. The molecule has 1 aliphatic rings. The number of aromatic hydroxyl groups is 1. The number of urea groups is 1. The number of hydrogen-bond acceptors (Lipinski definition) is 6. The number of carbonyl (C=O) groups is 4. The van der Waals surface area contributed by atoms with Gasteiger partial charge in [0, 0.05) is 50.2 Å². The minimum Gasteiger partial charge on any atom is -0.508 e. The lowest BCUT2D eigenvalue weighted by molar-refractivity contribution is -0.156. The zero-order valence-corrected chi connectivity index (χ0v) is 26.6. The third-order valence-electron chi connectivity index (χ3n) is 8.30. The van der Waals surface area contributed by atoms with Gasteiger partial charge in [-0.1, -0.05) is 66.7 Å². The zero-order valence-electron chi connectivity index (χ0n) is 26.6. The number of phenolic OH excluding ortho intramolecular Hbond substituents is 1. The van der Waals surface area contributed by atoms with Crippen molar-refractivity contribution in [1.82, 2.24) is 30.3 Å². The fourth-order valence-corrected chi connectivity index (χ4v) is 6.10. The number of benzene rings is 3. The number of nitrogens with one attached hydrogen (secondary N) is 3. The van der Waals surface area contributed by atoms with Crippen molar-refractivity contribution in [2.75, 3.05) is 19.6 Å². The number of aryl methyl sites for hydroxylation is 1. The van der Waals surface area contributed by atoms with Crippen molar-refractivity contribution in [3.63, 3.8) is 0 Å². The van der Waals surface area contributed by atoms with Gasteiger partial charge in [0.2, 0.25) is 11.8 Å². The number of fused-ring (bicyclic) bond motifs is 1. The number of amides is 4. The number of nitrogens with zero attached hydrogens (tertiary/aromatic N) is 3. The fourth-order valence-electron chi connectivity index (χ4n) is 6.10. The van der Waals surface area contributed by atoms with E-state index in [1.165, 1.54) is 24.0 Å². The quantitative estimate of drug-likeness (QED) is 0.107. The van der Waals surface area contributed by atoms with Crippen LogP contribution in [0.4, 0.5) is 4.79 Å². The Morgan fingerprint density at radius 3 is 2.45 bits per heavy atom. The first-order chi connectivity index (χ1) is 22.7. The summed E-state index contributed by atoms with van der Waals surface area (Å²) in [6, 6.07) is 20.2. The number of Topliss-reactive ketones (excluding diaryl/α,β-unsaturated/α-hetero) is 1. The number of phenols is 1. The van der Waals surface area contributed by atoms with Gasteiger partial charge in [-0.3, -0.25) is 14.4 Å². The second-order valence-corrected chi connectivity index (χ2v) is 11.7. The highest BCUT2D eigenvalue weighted by Gasteiger charge is 2.43. The number of rotatable bonds is 12. The van der Waals surface area contributed by atoms with E-state index in [2.05, 4.69) is 22.5 Å². The summed E-state index contributed by atoms with van der Waals surface area (Å²) in [5, 5.41) is 19.5. The Morgan fingerprint density at radius 1 is 1.00 bits per heavy atom. The molecule has 3 aromatic carbocycles. The normalized spacial score (nSPS) is 16.3. The van der Waals surface area contributed by atoms with Crippen molar-refractivity contribution in [2.24, 2.45) is 7.05 Å². The van der Waals surface area contributed by atoms with Gasteiger partial charge in [0.1, 0.15) is 18.0 Å². The number of hydrogen-bond donors (Lipinski definition) is 4. The lowest BCUT2D eigenvalue weighted by Crippen LogP contribution is -2.69. The summed E-state index contributed by atoms with van der Waals surface area (Å²) in [6.07, 6.45) is 2.73. The van der Waals surface area contributed by atoms with Gasteiger partial charge in [0.25, 0.3) is 0 Å². The topological polar surface area (TPSA) is 136 Å². The molecule has 4 amide bonds. The van der Waals surface area contributed by atoms with E-state index < -0.39 is 18.2 Å². The minimum atomic E-state index is -0.953. The van der Waals surface area contributed by atoms with E-state index in [4.69, 9.17) is 0 Å². The lowest BCUT2D eigenvalue weighted by atomic mass is 9.98. The SMILES string of the molecule is C=CCNCC(=O)N1[C@@H](NC(=O)NCc2ccccc2)CN(Cc2cccc3c(C(C)=O)cn(C)c23)C(=O)[C@@H]1Cc1ccc(O)cc1. The molecule has 4 aromatic rings. The van der Waals surface area contributed by atoms with Crippen LogP contribution < -0.4 is 16.0 Å². The molecule has 1 saturated heterocycles. The average Bonchev–Trinajstić information content (AvgIpc) is 3.41. The number of para-hydroxylation sites is 1. The van der Waals surface area contributed by atoms with E-state index in [0.29, 0.717) is 12.1 Å². The number of carbonyl (C=O) groups excluding carboxylic acids is 4. The van der Waals surface area contributed by atoms with Crippen LogP contribution in [0.2, 0.25) is 0 Å². The van der Waals surface area contributed by atoms with E-state index in [1.807, 2.05) is 60.1 Å². The van der Waals surface area contributed by atoms with E-state index in [-0.39, 0.29) is 55.9 Å². The lowest BCUT2D eigenvalue weighted by Gasteiger charge is -2.46. The van der Waals surface area contributed by atoms with Crippen LogP contribution in [-0.2, 0) is 36.1 Å². The average molecular weight is 637 g/mol. The van der Waals surface area contributed by atoms with Gasteiger partial charge in [0.05, 0.1) is 18.6 Å². The molecular weight excluding hydrogens is 596 g/mol. The molecule has 5 rings (SSSR count). The first kappa shape index (κ1) is 33.0. The molecule has 244 valence electrons. The van der Waals surface area contributed by atoms with Crippen LogP contribution in [0.15, 0.2) is 91.6 Å². The maximum absolute atomic E-state index is 14.4. The molecule has 11 heteroatoms. The van der Waals surface area contributed by atoms with Gasteiger partial charge in [0.15, 0.2) is 5.78 Å². The molecule has 47 heavy (non-hydrogen) atoms. The van der Waals surface area contributed by atoms with E-state index >= 15 is 0 Å². The molecule has 11 nitrogen and oxygen atoms in total. The first-order valence-corrected chi connectivity index (χ1v) is 15.5. The largest absolute Gasteiger partial charge is 0.508 e. The van der Waals surface area contributed by atoms with Crippen molar-refractivity contribution in [3.8, 4) is 5.75 Å². The molecule has 0 unspecified atom stereocenters. The fraction of sp³-hybridized carbons (Fsp3) is 0.278. The molecule has 2 heterocycles. The molecule has 1 aliphatic heterocycles. The van der Waals surface area contributed by atoms with E-state index in [1.54, 1.807) is 29.3 Å². The zero-order chi connectivity index (χ0) is 33.5. The number of piperazine rings is 1. The van der Waals surface area contributed by atoms with Crippen LogP contribution in [0, 0.1) is 0 Å². The molecule has 0 bridgehead atoms.